The van der Waals surface area contributed by atoms with E-state index in [2.05, 4.69) is 41.2 Å². The van der Waals surface area contributed by atoms with Crippen LogP contribution in [0.2, 0.25) is 5.02 Å². The standard InChI is InChI=1S/C13H11BrClN5O/c1-2-16-13-19-11-10(17-6-18-11)12(20-13)21-9-4-3-7(14)5-8(9)15/h3-6H,2H2,1H3,(H2,16,17,18,19,20). The number of aromatic nitrogens is 4. The van der Waals surface area contributed by atoms with Crippen molar-refractivity contribution in [3.8, 4) is 11.6 Å². The molecule has 0 bridgehead atoms. The molecular weight excluding hydrogens is 358 g/mol. The van der Waals surface area contributed by atoms with Gasteiger partial charge in [0.05, 0.1) is 11.3 Å². The lowest BCUT2D eigenvalue weighted by Crippen LogP contribution is -2.03. The summed E-state index contributed by atoms with van der Waals surface area (Å²) in [7, 11) is 0. The molecule has 2 heterocycles. The van der Waals surface area contributed by atoms with Crippen LogP contribution >= 0.6 is 27.5 Å². The second kappa shape index (κ2) is 5.87. The zero-order chi connectivity index (χ0) is 14.8. The van der Waals surface area contributed by atoms with Crippen molar-refractivity contribution < 1.29 is 4.74 Å². The predicted molar refractivity (Wildman–Crippen MR) is 85.1 cm³/mol. The molecule has 3 aromatic rings. The monoisotopic (exact) mass is 367 g/mol. The maximum Gasteiger partial charge on any atom is 0.250 e. The Kier molecular flexibility index (Phi) is 3.94. The first-order chi connectivity index (χ1) is 10.2. The maximum atomic E-state index is 6.17. The largest absolute Gasteiger partial charge is 0.435 e. The zero-order valence-electron chi connectivity index (χ0n) is 11.0. The third kappa shape index (κ3) is 2.93. The number of hydrogen-bond donors (Lipinski definition) is 2. The normalized spacial score (nSPS) is 10.8. The first kappa shape index (κ1) is 14.1. The highest BCUT2D eigenvalue weighted by molar-refractivity contribution is 9.10. The van der Waals surface area contributed by atoms with E-state index in [0.29, 0.717) is 40.3 Å². The van der Waals surface area contributed by atoms with Gasteiger partial charge < -0.3 is 15.0 Å². The lowest BCUT2D eigenvalue weighted by Gasteiger charge is -2.09. The second-order valence-electron chi connectivity index (χ2n) is 4.16. The van der Waals surface area contributed by atoms with Gasteiger partial charge in [0.1, 0.15) is 11.3 Å². The van der Waals surface area contributed by atoms with E-state index in [-0.39, 0.29) is 0 Å². The van der Waals surface area contributed by atoms with Crippen LogP contribution in [-0.2, 0) is 0 Å². The molecule has 0 radical (unpaired) electrons. The Morgan fingerprint density at radius 2 is 2.24 bits per heavy atom. The number of imidazole rings is 1. The van der Waals surface area contributed by atoms with Crippen LogP contribution in [0.3, 0.4) is 0 Å². The van der Waals surface area contributed by atoms with Gasteiger partial charge in [-0.2, -0.15) is 9.97 Å². The van der Waals surface area contributed by atoms with Crippen molar-refractivity contribution in [1.29, 1.82) is 0 Å². The SMILES string of the molecule is CCNc1nc(Oc2ccc(Br)cc2Cl)c2[nH]cnc2n1. The highest BCUT2D eigenvalue weighted by Crippen LogP contribution is 2.33. The van der Waals surface area contributed by atoms with Crippen molar-refractivity contribution in [2.24, 2.45) is 0 Å². The van der Waals surface area contributed by atoms with E-state index in [4.69, 9.17) is 16.3 Å². The summed E-state index contributed by atoms with van der Waals surface area (Å²) in [6, 6.07) is 5.37. The second-order valence-corrected chi connectivity index (χ2v) is 5.48. The molecule has 2 aromatic heterocycles. The Morgan fingerprint density at radius 3 is 3.00 bits per heavy atom. The molecule has 0 spiro atoms. The molecule has 6 nitrogen and oxygen atoms in total. The van der Waals surface area contributed by atoms with Crippen LogP contribution in [0.1, 0.15) is 6.92 Å². The van der Waals surface area contributed by atoms with Gasteiger partial charge in [-0.3, -0.25) is 0 Å². The summed E-state index contributed by atoms with van der Waals surface area (Å²) < 4.78 is 6.68. The van der Waals surface area contributed by atoms with Gasteiger partial charge in [0.25, 0.3) is 5.88 Å². The van der Waals surface area contributed by atoms with Gasteiger partial charge in [-0.25, -0.2) is 4.98 Å². The molecule has 0 aliphatic rings. The number of H-pyrrole nitrogens is 1. The third-order valence-corrected chi connectivity index (χ3v) is 3.48. The van der Waals surface area contributed by atoms with Crippen molar-refractivity contribution in [1.82, 2.24) is 19.9 Å². The lowest BCUT2D eigenvalue weighted by molar-refractivity contribution is 0.468. The van der Waals surface area contributed by atoms with E-state index < -0.39 is 0 Å². The minimum atomic E-state index is 0.373. The van der Waals surface area contributed by atoms with Gasteiger partial charge in [-0.1, -0.05) is 27.5 Å². The Labute approximate surface area is 134 Å². The summed E-state index contributed by atoms with van der Waals surface area (Å²) in [4.78, 5) is 15.7. The summed E-state index contributed by atoms with van der Waals surface area (Å²) in [5.74, 6) is 1.34. The average Bonchev–Trinajstić information content (AvgIpc) is 2.91. The number of anilines is 1. The predicted octanol–water partition coefficient (Wildman–Crippen LogP) is 3.99. The molecule has 8 heteroatoms. The van der Waals surface area contributed by atoms with Crippen LogP contribution in [0.5, 0.6) is 11.6 Å². The number of ether oxygens (including phenoxy) is 1. The van der Waals surface area contributed by atoms with Crippen molar-refractivity contribution >= 4 is 44.6 Å². The van der Waals surface area contributed by atoms with Crippen molar-refractivity contribution in [3.05, 3.63) is 34.0 Å². The van der Waals surface area contributed by atoms with Crippen LogP contribution in [0.25, 0.3) is 11.2 Å². The van der Waals surface area contributed by atoms with E-state index in [0.717, 1.165) is 4.47 Å². The van der Waals surface area contributed by atoms with Gasteiger partial charge in [0.2, 0.25) is 5.95 Å². The first-order valence-electron chi connectivity index (χ1n) is 6.25. The van der Waals surface area contributed by atoms with Crippen LogP contribution < -0.4 is 10.1 Å². The van der Waals surface area contributed by atoms with E-state index in [1.54, 1.807) is 18.5 Å². The molecule has 2 N–H and O–H groups in total. The third-order valence-electron chi connectivity index (χ3n) is 2.69. The quantitative estimate of drug-likeness (QED) is 0.728. The number of halogens is 2. The summed E-state index contributed by atoms with van der Waals surface area (Å²) in [5, 5.41) is 3.53. The summed E-state index contributed by atoms with van der Waals surface area (Å²) in [5.41, 5.74) is 1.15. The number of aromatic amines is 1. The molecule has 1 aromatic carbocycles. The van der Waals surface area contributed by atoms with Gasteiger partial charge in [-0.05, 0) is 25.1 Å². The average molecular weight is 369 g/mol. The van der Waals surface area contributed by atoms with Gasteiger partial charge >= 0.3 is 0 Å². The molecule has 0 fully saturated rings. The maximum absolute atomic E-state index is 6.17. The highest BCUT2D eigenvalue weighted by Gasteiger charge is 2.13. The minimum Gasteiger partial charge on any atom is -0.435 e. The van der Waals surface area contributed by atoms with Crippen LogP contribution in [-0.4, -0.2) is 26.5 Å². The van der Waals surface area contributed by atoms with Crippen LogP contribution in [0.4, 0.5) is 5.95 Å². The van der Waals surface area contributed by atoms with Crippen molar-refractivity contribution in [3.63, 3.8) is 0 Å². The summed E-state index contributed by atoms with van der Waals surface area (Å²) in [6.45, 7) is 2.67. The Bertz CT molecular complexity index is 791. The van der Waals surface area contributed by atoms with E-state index in [1.165, 1.54) is 0 Å². The summed E-state index contributed by atoms with van der Waals surface area (Å²) >= 11 is 9.52. The number of hydrogen-bond acceptors (Lipinski definition) is 5. The van der Waals surface area contributed by atoms with Crippen LogP contribution in [0, 0.1) is 0 Å². The highest BCUT2D eigenvalue weighted by atomic mass is 79.9. The molecule has 0 saturated carbocycles. The van der Waals surface area contributed by atoms with Gasteiger partial charge in [0, 0.05) is 11.0 Å². The van der Waals surface area contributed by atoms with Crippen LogP contribution in [0.15, 0.2) is 29.0 Å². The number of nitrogens with zero attached hydrogens (tertiary/aromatic N) is 3. The number of rotatable bonds is 4. The number of nitrogens with one attached hydrogen (secondary N) is 2. The fourth-order valence-electron chi connectivity index (χ4n) is 1.78. The van der Waals surface area contributed by atoms with Gasteiger partial charge in [-0.15, -0.1) is 0 Å². The molecule has 108 valence electrons. The fourth-order valence-corrected chi connectivity index (χ4v) is 2.49. The summed E-state index contributed by atoms with van der Waals surface area (Å²) in [6.07, 6.45) is 1.55. The lowest BCUT2D eigenvalue weighted by atomic mass is 10.3. The molecule has 0 aliphatic carbocycles. The van der Waals surface area contributed by atoms with E-state index in [1.807, 2.05) is 13.0 Å². The van der Waals surface area contributed by atoms with Gasteiger partial charge in [0.15, 0.2) is 5.65 Å². The zero-order valence-corrected chi connectivity index (χ0v) is 13.4. The Hall–Kier alpha value is -1.86. The van der Waals surface area contributed by atoms with Crippen molar-refractivity contribution in [2.45, 2.75) is 6.92 Å². The molecule has 0 saturated heterocycles. The molecule has 0 atom stereocenters. The topological polar surface area (TPSA) is 75.7 Å². The molecular formula is C13H11BrClN5O. The molecule has 0 unspecified atom stereocenters. The molecule has 0 aliphatic heterocycles. The molecule has 21 heavy (non-hydrogen) atoms. The Morgan fingerprint density at radius 1 is 1.38 bits per heavy atom. The number of benzene rings is 1. The van der Waals surface area contributed by atoms with E-state index >= 15 is 0 Å². The minimum absolute atomic E-state index is 0.373. The first-order valence-corrected chi connectivity index (χ1v) is 7.42. The molecule has 3 rings (SSSR count). The Balaban J connectivity index is 2.04. The molecule has 0 amide bonds. The van der Waals surface area contributed by atoms with Crippen molar-refractivity contribution in [2.75, 3.05) is 11.9 Å². The fraction of sp³-hybridized carbons (Fsp3) is 0.154. The van der Waals surface area contributed by atoms with E-state index in [9.17, 15) is 0 Å². The number of fused-ring (bicyclic) bond motifs is 1. The smallest absolute Gasteiger partial charge is 0.250 e.